The van der Waals surface area contributed by atoms with Crippen LogP contribution < -0.4 is 5.32 Å². The molecule has 1 aromatic heterocycles. The van der Waals surface area contributed by atoms with Crippen LogP contribution in [0.2, 0.25) is 0 Å². The molecule has 0 aliphatic rings. The van der Waals surface area contributed by atoms with E-state index in [9.17, 15) is 9.59 Å². The van der Waals surface area contributed by atoms with E-state index in [1.165, 1.54) is 17.8 Å². The molecule has 0 radical (unpaired) electrons. The number of anilines is 1. The SMILES string of the molecule is CCc1ccc(NC(=O)c2ccnn2CC(=O)O)cc1. The third-order valence-electron chi connectivity index (χ3n) is 2.85. The van der Waals surface area contributed by atoms with Crippen molar-refractivity contribution in [3.8, 4) is 0 Å². The number of rotatable bonds is 5. The lowest BCUT2D eigenvalue weighted by Gasteiger charge is -2.07. The van der Waals surface area contributed by atoms with Gasteiger partial charge in [-0.2, -0.15) is 5.10 Å². The van der Waals surface area contributed by atoms with Gasteiger partial charge in [-0.1, -0.05) is 19.1 Å². The lowest BCUT2D eigenvalue weighted by atomic mass is 10.1. The minimum absolute atomic E-state index is 0.215. The fraction of sp³-hybridized carbons (Fsp3) is 0.214. The van der Waals surface area contributed by atoms with Crippen molar-refractivity contribution in [1.29, 1.82) is 0 Å². The van der Waals surface area contributed by atoms with Gasteiger partial charge in [-0.25, -0.2) is 4.68 Å². The number of carbonyl (C=O) groups excluding carboxylic acids is 1. The lowest BCUT2D eigenvalue weighted by Crippen LogP contribution is -2.20. The van der Waals surface area contributed by atoms with Crippen LogP contribution in [0.15, 0.2) is 36.5 Å². The summed E-state index contributed by atoms with van der Waals surface area (Å²) in [6, 6.07) is 8.98. The van der Waals surface area contributed by atoms with E-state index in [2.05, 4.69) is 17.3 Å². The van der Waals surface area contributed by atoms with Crippen molar-refractivity contribution in [2.45, 2.75) is 19.9 Å². The van der Waals surface area contributed by atoms with E-state index in [0.717, 1.165) is 11.1 Å². The van der Waals surface area contributed by atoms with Crippen molar-refractivity contribution < 1.29 is 14.7 Å². The molecule has 1 heterocycles. The molecule has 0 aliphatic carbocycles. The van der Waals surface area contributed by atoms with Gasteiger partial charge in [0.2, 0.25) is 0 Å². The number of amides is 1. The third-order valence-corrected chi connectivity index (χ3v) is 2.85. The lowest BCUT2D eigenvalue weighted by molar-refractivity contribution is -0.137. The van der Waals surface area contributed by atoms with E-state index < -0.39 is 5.97 Å². The average Bonchev–Trinajstić information content (AvgIpc) is 2.87. The van der Waals surface area contributed by atoms with Crippen molar-refractivity contribution in [1.82, 2.24) is 9.78 Å². The summed E-state index contributed by atoms with van der Waals surface area (Å²) in [7, 11) is 0. The Morgan fingerprint density at radius 3 is 2.55 bits per heavy atom. The zero-order chi connectivity index (χ0) is 14.5. The summed E-state index contributed by atoms with van der Waals surface area (Å²) in [5.41, 5.74) is 2.06. The van der Waals surface area contributed by atoms with Crippen molar-refractivity contribution >= 4 is 17.6 Å². The Kier molecular flexibility index (Phi) is 4.14. The van der Waals surface area contributed by atoms with Gasteiger partial charge in [0.1, 0.15) is 12.2 Å². The van der Waals surface area contributed by atoms with Crippen molar-refractivity contribution in [2.24, 2.45) is 0 Å². The third kappa shape index (κ3) is 3.23. The Hall–Kier alpha value is -2.63. The Balaban J connectivity index is 2.11. The Morgan fingerprint density at radius 1 is 1.25 bits per heavy atom. The fourth-order valence-corrected chi connectivity index (χ4v) is 1.80. The summed E-state index contributed by atoms with van der Waals surface area (Å²) in [5, 5.41) is 15.3. The molecule has 20 heavy (non-hydrogen) atoms. The van der Waals surface area contributed by atoms with Crippen LogP contribution in [0.4, 0.5) is 5.69 Å². The molecule has 0 spiro atoms. The van der Waals surface area contributed by atoms with E-state index in [1.54, 1.807) is 0 Å². The largest absolute Gasteiger partial charge is 0.480 e. The van der Waals surface area contributed by atoms with Crippen LogP contribution in [-0.2, 0) is 17.8 Å². The second kappa shape index (κ2) is 6.01. The van der Waals surface area contributed by atoms with Crippen LogP contribution >= 0.6 is 0 Å². The number of carboxylic acids is 1. The summed E-state index contributed by atoms with van der Waals surface area (Å²) >= 11 is 0. The molecule has 0 unspecified atom stereocenters. The molecule has 0 fully saturated rings. The first kappa shape index (κ1) is 13.8. The number of hydrogen-bond donors (Lipinski definition) is 2. The number of benzene rings is 1. The molecule has 104 valence electrons. The molecule has 0 saturated carbocycles. The summed E-state index contributed by atoms with van der Waals surface area (Å²) in [6.45, 7) is 1.71. The predicted molar refractivity (Wildman–Crippen MR) is 73.6 cm³/mol. The first-order valence-corrected chi connectivity index (χ1v) is 6.24. The van der Waals surface area contributed by atoms with Gasteiger partial charge in [-0.15, -0.1) is 0 Å². The zero-order valence-electron chi connectivity index (χ0n) is 11.0. The average molecular weight is 273 g/mol. The molecule has 0 aliphatic heterocycles. The van der Waals surface area contributed by atoms with E-state index in [4.69, 9.17) is 5.11 Å². The summed E-state index contributed by atoms with van der Waals surface area (Å²) in [4.78, 5) is 22.7. The molecular formula is C14H15N3O3. The van der Waals surface area contributed by atoms with Gasteiger partial charge in [-0.3, -0.25) is 9.59 Å². The van der Waals surface area contributed by atoms with E-state index >= 15 is 0 Å². The number of aromatic nitrogens is 2. The molecule has 6 heteroatoms. The van der Waals surface area contributed by atoms with Gasteiger partial charge in [0.25, 0.3) is 5.91 Å². The highest BCUT2D eigenvalue weighted by Crippen LogP contribution is 2.11. The van der Waals surface area contributed by atoms with Crippen LogP contribution in [0.5, 0.6) is 0 Å². The highest BCUT2D eigenvalue weighted by atomic mass is 16.4. The van der Waals surface area contributed by atoms with Gasteiger partial charge in [0.05, 0.1) is 0 Å². The van der Waals surface area contributed by atoms with E-state index in [0.29, 0.717) is 5.69 Å². The Bertz CT molecular complexity index is 617. The van der Waals surface area contributed by atoms with Crippen molar-refractivity contribution in [3.63, 3.8) is 0 Å². The maximum Gasteiger partial charge on any atom is 0.325 e. The van der Waals surface area contributed by atoms with Gasteiger partial charge in [0, 0.05) is 11.9 Å². The van der Waals surface area contributed by atoms with Crippen LogP contribution in [0.25, 0.3) is 0 Å². The molecule has 6 nitrogen and oxygen atoms in total. The molecule has 2 aromatic rings. The highest BCUT2D eigenvalue weighted by molar-refractivity contribution is 6.03. The summed E-state index contributed by atoms with van der Waals surface area (Å²) in [5.74, 6) is -1.43. The number of aryl methyl sites for hydroxylation is 1. The second-order valence-corrected chi connectivity index (χ2v) is 4.27. The molecular weight excluding hydrogens is 258 g/mol. The molecule has 0 bridgehead atoms. The van der Waals surface area contributed by atoms with Gasteiger partial charge in [-0.05, 0) is 30.2 Å². The predicted octanol–water partition coefficient (Wildman–Crippen LogP) is 1.78. The summed E-state index contributed by atoms with van der Waals surface area (Å²) < 4.78 is 1.15. The van der Waals surface area contributed by atoms with Gasteiger partial charge in [0.15, 0.2) is 0 Å². The number of nitrogens with one attached hydrogen (secondary N) is 1. The molecule has 1 amide bonds. The maximum absolute atomic E-state index is 12.1. The molecule has 1 aromatic carbocycles. The number of carboxylic acid groups (broad SMARTS) is 1. The highest BCUT2D eigenvalue weighted by Gasteiger charge is 2.14. The Morgan fingerprint density at radius 2 is 1.95 bits per heavy atom. The van der Waals surface area contributed by atoms with Crippen molar-refractivity contribution in [3.05, 3.63) is 47.8 Å². The van der Waals surface area contributed by atoms with Gasteiger partial charge < -0.3 is 10.4 Å². The molecule has 0 atom stereocenters. The number of hydrogen-bond acceptors (Lipinski definition) is 3. The van der Waals surface area contributed by atoms with Crippen molar-refractivity contribution in [2.75, 3.05) is 5.32 Å². The topological polar surface area (TPSA) is 84.2 Å². The van der Waals surface area contributed by atoms with Gasteiger partial charge >= 0.3 is 5.97 Å². The fourth-order valence-electron chi connectivity index (χ4n) is 1.80. The molecule has 2 N–H and O–H groups in total. The smallest absolute Gasteiger partial charge is 0.325 e. The standard InChI is InChI=1S/C14H15N3O3/c1-2-10-3-5-11(6-4-10)16-14(20)12-7-8-15-17(12)9-13(18)19/h3-8H,2,9H2,1H3,(H,16,20)(H,18,19). The first-order chi connectivity index (χ1) is 9.60. The second-order valence-electron chi connectivity index (χ2n) is 4.27. The number of nitrogens with zero attached hydrogens (tertiary/aromatic N) is 2. The van der Waals surface area contributed by atoms with E-state index in [-0.39, 0.29) is 18.1 Å². The van der Waals surface area contributed by atoms with Crippen LogP contribution in [0, 0.1) is 0 Å². The quantitative estimate of drug-likeness (QED) is 0.869. The maximum atomic E-state index is 12.1. The van der Waals surface area contributed by atoms with E-state index in [1.807, 2.05) is 24.3 Å². The normalized spacial score (nSPS) is 10.2. The summed E-state index contributed by atoms with van der Waals surface area (Å²) in [6.07, 6.45) is 2.33. The van der Waals surface area contributed by atoms with Crippen LogP contribution in [0.1, 0.15) is 23.0 Å². The number of carbonyl (C=O) groups is 2. The Labute approximate surface area is 116 Å². The minimum atomic E-state index is -1.05. The minimum Gasteiger partial charge on any atom is -0.480 e. The number of aliphatic carboxylic acids is 1. The molecule has 0 saturated heterocycles. The first-order valence-electron chi connectivity index (χ1n) is 6.24. The molecule has 2 rings (SSSR count). The van der Waals surface area contributed by atoms with Crippen LogP contribution in [-0.4, -0.2) is 26.8 Å². The van der Waals surface area contributed by atoms with Crippen LogP contribution in [0.3, 0.4) is 0 Å². The monoisotopic (exact) mass is 273 g/mol. The zero-order valence-corrected chi connectivity index (χ0v) is 11.0.